The van der Waals surface area contributed by atoms with Crippen LogP contribution in [0.4, 0.5) is 0 Å². The van der Waals surface area contributed by atoms with E-state index in [1.807, 2.05) is 32.9 Å². The number of aromatic nitrogens is 1. The molecule has 0 saturated heterocycles. The molecule has 19 heavy (non-hydrogen) atoms. The average molecular weight is 265 g/mol. The lowest BCUT2D eigenvalue weighted by atomic mass is 10.2. The van der Waals surface area contributed by atoms with Crippen molar-refractivity contribution in [1.82, 2.24) is 4.98 Å². The highest BCUT2D eigenvalue weighted by Crippen LogP contribution is 2.11. The maximum atomic E-state index is 11.5. The minimum atomic E-state index is -0.419. The molecule has 0 fully saturated rings. The zero-order valence-corrected chi connectivity index (χ0v) is 12.2. The summed E-state index contributed by atoms with van der Waals surface area (Å²) in [6.07, 6.45) is 3.65. The van der Waals surface area contributed by atoms with Crippen LogP contribution in [0.3, 0.4) is 0 Å². The van der Waals surface area contributed by atoms with Crippen molar-refractivity contribution in [1.29, 1.82) is 0 Å². The third kappa shape index (κ3) is 6.79. The van der Waals surface area contributed by atoms with E-state index in [4.69, 9.17) is 9.47 Å². The SMILES string of the molecule is CCc1ccc(OCCCC(=O)OC(C)(C)C)cn1. The van der Waals surface area contributed by atoms with Gasteiger partial charge in [0, 0.05) is 12.1 Å². The summed E-state index contributed by atoms with van der Waals surface area (Å²) < 4.78 is 10.7. The number of hydrogen-bond acceptors (Lipinski definition) is 4. The van der Waals surface area contributed by atoms with Gasteiger partial charge < -0.3 is 9.47 Å². The first-order valence-electron chi connectivity index (χ1n) is 6.70. The van der Waals surface area contributed by atoms with E-state index in [1.165, 1.54) is 0 Å². The first-order valence-corrected chi connectivity index (χ1v) is 6.70. The topological polar surface area (TPSA) is 48.4 Å². The first-order chi connectivity index (χ1) is 8.90. The number of hydrogen-bond donors (Lipinski definition) is 0. The summed E-state index contributed by atoms with van der Waals surface area (Å²) in [5.41, 5.74) is 0.624. The largest absolute Gasteiger partial charge is 0.492 e. The zero-order valence-electron chi connectivity index (χ0n) is 12.2. The van der Waals surface area contributed by atoms with Crippen LogP contribution in [-0.2, 0) is 16.0 Å². The van der Waals surface area contributed by atoms with Crippen LogP contribution in [0, 0.1) is 0 Å². The summed E-state index contributed by atoms with van der Waals surface area (Å²) >= 11 is 0. The minimum absolute atomic E-state index is 0.185. The summed E-state index contributed by atoms with van der Waals surface area (Å²) in [7, 11) is 0. The van der Waals surface area contributed by atoms with Gasteiger partial charge in [-0.2, -0.15) is 0 Å². The number of esters is 1. The van der Waals surface area contributed by atoms with Crippen LogP contribution >= 0.6 is 0 Å². The van der Waals surface area contributed by atoms with Gasteiger partial charge in [0.05, 0.1) is 12.8 Å². The molecule has 0 saturated carbocycles. The van der Waals surface area contributed by atoms with Gasteiger partial charge >= 0.3 is 5.97 Å². The number of rotatable bonds is 6. The Balaban J connectivity index is 2.21. The van der Waals surface area contributed by atoms with Crippen LogP contribution in [0.2, 0.25) is 0 Å². The molecule has 4 heteroatoms. The fourth-order valence-electron chi connectivity index (χ4n) is 1.50. The summed E-state index contributed by atoms with van der Waals surface area (Å²) in [5.74, 6) is 0.553. The normalized spacial score (nSPS) is 11.2. The predicted octanol–water partition coefficient (Wildman–Crippen LogP) is 3.14. The van der Waals surface area contributed by atoms with E-state index in [9.17, 15) is 4.79 Å². The van der Waals surface area contributed by atoms with Gasteiger partial charge in [-0.15, -0.1) is 0 Å². The van der Waals surface area contributed by atoms with Gasteiger partial charge in [-0.05, 0) is 45.7 Å². The fourth-order valence-corrected chi connectivity index (χ4v) is 1.50. The van der Waals surface area contributed by atoms with E-state index in [1.54, 1.807) is 6.20 Å². The second-order valence-electron chi connectivity index (χ2n) is 5.38. The van der Waals surface area contributed by atoms with E-state index in [0.717, 1.165) is 17.9 Å². The van der Waals surface area contributed by atoms with Crippen molar-refractivity contribution in [3.63, 3.8) is 0 Å². The van der Waals surface area contributed by atoms with Gasteiger partial charge in [-0.25, -0.2) is 0 Å². The summed E-state index contributed by atoms with van der Waals surface area (Å²) in [4.78, 5) is 15.7. The molecule has 0 aromatic carbocycles. The molecule has 1 rings (SSSR count). The molecule has 0 spiro atoms. The quantitative estimate of drug-likeness (QED) is 0.585. The predicted molar refractivity (Wildman–Crippen MR) is 74.2 cm³/mol. The Morgan fingerprint density at radius 3 is 2.58 bits per heavy atom. The van der Waals surface area contributed by atoms with E-state index < -0.39 is 5.60 Å². The highest BCUT2D eigenvalue weighted by atomic mass is 16.6. The van der Waals surface area contributed by atoms with E-state index in [2.05, 4.69) is 11.9 Å². The van der Waals surface area contributed by atoms with Crippen LogP contribution in [-0.4, -0.2) is 23.2 Å². The van der Waals surface area contributed by atoms with Crippen molar-refractivity contribution >= 4 is 5.97 Å². The Hall–Kier alpha value is -1.58. The molecule has 0 aliphatic carbocycles. The van der Waals surface area contributed by atoms with Crippen LogP contribution < -0.4 is 4.74 Å². The van der Waals surface area contributed by atoms with E-state index in [0.29, 0.717) is 19.4 Å². The van der Waals surface area contributed by atoms with E-state index >= 15 is 0 Å². The smallest absolute Gasteiger partial charge is 0.306 e. The molecule has 0 N–H and O–H groups in total. The number of ether oxygens (including phenoxy) is 2. The van der Waals surface area contributed by atoms with Crippen molar-refractivity contribution in [2.24, 2.45) is 0 Å². The monoisotopic (exact) mass is 265 g/mol. The molecule has 0 amide bonds. The first kappa shape index (κ1) is 15.5. The molecule has 4 nitrogen and oxygen atoms in total. The Morgan fingerprint density at radius 2 is 2.05 bits per heavy atom. The number of carbonyl (C=O) groups excluding carboxylic acids is 1. The van der Waals surface area contributed by atoms with Gasteiger partial charge in [-0.3, -0.25) is 9.78 Å². The summed E-state index contributed by atoms with van der Waals surface area (Å²) in [5, 5.41) is 0. The van der Waals surface area contributed by atoms with Crippen LogP contribution in [0.5, 0.6) is 5.75 Å². The van der Waals surface area contributed by atoms with Gasteiger partial charge in [0.25, 0.3) is 0 Å². The van der Waals surface area contributed by atoms with Crippen molar-refractivity contribution in [3.8, 4) is 5.75 Å². The summed E-state index contributed by atoms with van der Waals surface area (Å²) in [6, 6.07) is 3.85. The molecule has 1 heterocycles. The Kier molecular flexibility index (Phi) is 5.80. The molecule has 0 aliphatic heterocycles. The maximum Gasteiger partial charge on any atom is 0.306 e. The standard InChI is InChI=1S/C15H23NO3/c1-5-12-8-9-13(11-16-12)18-10-6-7-14(17)19-15(2,3)4/h8-9,11H,5-7,10H2,1-4H3. The lowest BCUT2D eigenvalue weighted by molar-refractivity contribution is -0.155. The molecular weight excluding hydrogens is 242 g/mol. The zero-order chi connectivity index (χ0) is 14.3. The molecule has 0 bridgehead atoms. The number of aryl methyl sites for hydroxylation is 1. The fraction of sp³-hybridized carbons (Fsp3) is 0.600. The second-order valence-corrected chi connectivity index (χ2v) is 5.38. The second kappa shape index (κ2) is 7.12. The van der Waals surface area contributed by atoms with Crippen LogP contribution in [0.25, 0.3) is 0 Å². The lowest BCUT2D eigenvalue weighted by Crippen LogP contribution is -2.23. The number of carbonyl (C=O) groups is 1. The molecule has 1 aromatic heterocycles. The van der Waals surface area contributed by atoms with Crippen molar-refractivity contribution in [2.45, 2.75) is 52.6 Å². The van der Waals surface area contributed by atoms with Crippen molar-refractivity contribution in [3.05, 3.63) is 24.0 Å². The number of nitrogens with zero attached hydrogens (tertiary/aromatic N) is 1. The van der Waals surface area contributed by atoms with Crippen LogP contribution in [0.15, 0.2) is 18.3 Å². The van der Waals surface area contributed by atoms with Crippen molar-refractivity contribution in [2.75, 3.05) is 6.61 Å². The molecule has 0 atom stereocenters. The molecule has 0 radical (unpaired) electrons. The molecular formula is C15H23NO3. The molecule has 0 aliphatic rings. The average Bonchev–Trinajstić information content (AvgIpc) is 2.33. The molecule has 1 aromatic rings. The van der Waals surface area contributed by atoms with Gasteiger partial charge in [0.15, 0.2) is 0 Å². The Morgan fingerprint density at radius 1 is 1.32 bits per heavy atom. The summed E-state index contributed by atoms with van der Waals surface area (Å²) in [6.45, 7) is 8.14. The van der Waals surface area contributed by atoms with Gasteiger partial charge in [0.1, 0.15) is 11.4 Å². The Bertz CT molecular complexity index is 393. The minimum Gasteiger partial charge on any atom is -0.492 e. The maximum absolute atomic E-state index is 11.5. The van der Waals surface area contributed by atoms with E-state index in [-0.39, 0.29) is 5.97 Å². The molecule has 106 valence electrons. The van der Waals surface area contributed by atoms with Crippen LogP contribution in [0.1, 0.15) is 46.2 Å². The highest BCUT2D eigenvalue weighted by molar-refractivity contribution is 5.69. The third-order valence-electron chi connectivity index (χ3n) is 2.37. The Labute approximate surface area is 115 Å². The molecule has 0 unspecified atom stereocenters. The lowest BCUT2D eigenvalue weighted by Gasteiger charge is -2.19. The van der Waals surface area contributed by atoms with Gasteiger partial charge in [-0.1, -0.05) is 6.92 Å². The highest BCUT2D eigenvalue weighted by Gasteiger charge is 2.15. The number of pyridine rings is 1. The van der Waals surface area contributed by atoms with Crippen molar-refractivity contribution < 1.29 is 14.3 Å². The van der Waals surface area contributed by atoms with Gasteiger partial charge in [0.2, 0.25) is 0 Å². The third-order valence-corrected chi connectivity index (χ3v) is 2.37.